The first-order valence-electron chi connectivity index (χ1n) is 4.56. The number of H-pyrrole nitrogens is 1. The second-order valence-corrected chi connectivity index (χ2v) is 3.19. The number of nitrogens with two attached hydrogens (primary N) is 1. The number of fused-ring (bicyclic) bond motifs is 1. The number of nitriles is 1. The van der Waals surface area contributed by atoms with Gasteiger partial charge in [0.25, 0.3) is 0 Å². The molecule has 70 valence electrons. The van der Waals surface area contributed by atoms with E-state index in [2.05, 4.69) is 11.1 Å². The molecule has 0 spiro atoms. The number of aromatic amines is 1. The summed E-state index contributed by atoms with van der Waals surface area (Å²) in [5.41, 5.74) is 8.28. The van der Waals surface area contributed by atoms with Crippen molar-refractivity contribution in [1.82, 2.24) is 4.98 Å². The smallest absolute Gasteiger partial charge is 0.101 e. The molecule has 2 rings (SSSR count). The third-order valence-corrected chi connectivity index (χ3v) is 2.34. The van der Waals surface area contributed by atoms with Gasteiger partial charge in [-0.3, -0.25) is 0 Å². The van der Waals surface area contributed by atoms with Gasteiger partial charge in [0.1, 0.15) is 6.07 Å². The molecule has 2 aromatic rings. The van der Waals surface area contributed by atoms with E-state index in [1.165, 1.54) is 5.56 Å². The Morgan fingerprint density at radius 2 is 2.29 bits per heavy atom. The van der Waals surface area contributed by atoms with Crippen LogP contribution in [0.2, 0.25) is 0 Å². The highest BCUT2D eigenvalue weighted by Gasteiger charge is 2.05. The minimum Gasteiger partial charge on any atom is -0.360 e. The van der Waals surface area contributed by atoms with E-state index in [4.69, 9.17) is 11.0 Å². The molecule has 3 N–H and O–H groups in total. The van der Waals surface area contributed by atoms with Crippen LogP contribution in [0.1, 0.15) is 11.1 Å². The molecule has 0 radical (unpaired) electrons. The van der Waals surface area contributed by atoms with Gasteiger partial charge in [-0.05, 0) is 24.6 Å². The molecule has 0 aliphatic heterocycles. The average Bonchev–Trinajstić information content (AvgIpc) is 2.62. The summed E-state index contributed by atoms with van der Waals surface area (Å²) in [6.45, 7) is 0.629. The van der Waals surface area contributed by atoms with E-state index < -0.39 is 0 Å². The lowest BCUT2D eigenvalue weighted by Crippen LogP contribution is -2.01. The zero-order valence-electron chi connectivity index (χ0n) is 7.75. The van der Waals surface area contributed by atoms with Crippen LogP contribution in [0.3, 0.4) is 0 Å². The lowest BCUT2D eigenvalue weighted by Gasteiger charge is -1.96. The highest BCUT2D eigenvalue weighted by Crippen LogP contribution is 2.21. The van der Waals surface area contributed by atoms with Gasteiger partial charge < -0.3 is 10.7 Å². The predicted octanol–water partition coefficient (Wildman–Crippen LogP) is 1.54. The fourth-order valence-electron chi connectivity index (χ4n) is 1.67. The maximum atomic E-state index is 8.88. The summed E-state index contributed by atoms with van der Waals surface area (Å²) >= 11 is 0. The largest absolute Gasteiger partial charge is 0.360 e. The zero-order valence-corrected chi connectivity index (χ0v) is 7.75. The van der Waals surface area contributed by atoms with Gasteiger partial charge in [-0.25, -0.2) is 0 Å². The average molecular weight is 185 g/mol. The van der Waals surface area contributed by atoms with Crippen LogP contribution in [-0.2, 0) is 6.42 Å². The fourth-order valence-corrected chi connectivity index (χ4v) is 1.67. The lowest BCUT2D eigenvalue weighted by atomic mass is 10.1. The summed E-state index contributed by atoms with van der Waals surface area (Å²) < 4.78 is 0. The zero-order chi connectivity index (χ0) is 9.97. The Bertz CT molecular complexity index is 491. The molecule has 0 unspecified atom stereocenters. The van der Waals surface area contributed by atoms with E-state index in [0.717, 1.165) is 17.3 Å². The molecular weight excluding hydrogens is 174 g/mol. The minimum absolute atomic E-state index is 0.629. The molecule has 0 atom stereocenters. The molecule has 3 heteroatoms. The third-order valence-electron chi connectivity index (χ3n) is 2.34. The van der Waals surface area contributed by atoms with Crippen molar-refractivity contribution in [1.29, 1.82) is 5.26 Å². The van der Waals surface area contributed by atoms with Crippen LogP contribution in [0, 0.1) is 11.3 Å². The van der Waals surface area contributed by atoms with Crippen LogP contribution < -0.4 is 5.73 Å². The summed E-state index contributed by atoms with van der Waals surface area (Å²) in [5.74, 6) is 0. The van der Waals surface area contributed by atoms with Gasteiger partial charge in [0.2, 0.25) is 0 Å². The van der Waals surface area contributed by atoms with Gasteiger partial charge in [0, 0.05) is 11.6 Å². The van der Waals surface area contributed by atoms with Gasteiger partial charge >= 0.3 is 0 Å². The van der Waals surface area contributed by atoms with Crippen molar-refractivity contribution >= 4 is 10.9 Å². The number of hydrogen-bond acceptors (Lipinski definition) is 2. The molecule has 1 aromatic heterocycles. The van der Waals surface area contributed by atoms with Gasteiger partial charge in [0.15, 0.2) is 0 Å². The van der Waals surface area contributed by atoms with Crippen LogP contribution >= 0.6 is 0 Å². The third kappa shape index (κ3) is 1.26. The van der Waals surface area contributed by atoms with Crippen molar-refractivity contribution in [3.05, 3.63) is 35.5 Å². The van der Waals surface area contributed by atoms with Crippen LogP contribution in [0.25, 0.3) is 10.9 Å². The Kier molecular flexibility index (Phi) is 2.21. The number of aromatic nitrogens is 1. The first kappa shape index (κ1) is 8.79. The van der Waals surface area contributed by atoms with Gasteiger partial charge in [-0.1, -0.05) is 12.1 Å². The number of benzene rings is 1. The van der Waals surface area contributed by atoms with Gasteiger partial charge in [-0.2, -0.15) is 5.26 Å². The summed E-state index contributed by atoms with van der Waals surface area (Å²) in [7, 11) is 0. The number of rotatable bonds is 2. The monoisotopic (exact) mass is 185 g/mol. The van der Waals surface area contributed by atoms with Crippen molar-refractivity contribution in [3.63, 3.8) is 0 Å². The molecule has 3 nitrogen and oxygen atoms in total. The molecule has 0 aliphatic carbocycles. The van der Waals surface area contributed by atoms with Crippen molar-refractivity contribution in [2.45, 2.75) is 6.42 Å². The maximum absolute atomic E-state index is 8.88. The molecule has 14 heavy (non-hydrogen) atoms. The Morgan fingerprint density at radius 1 is 1.43 bits per heavy atom. The van der Waals surface area contributed by atoms with E-state index in [1.807, 2.05) is 24.4 Å². The van der Waals surface area contributed by atoms with Crippen LogP contribution in [0.5, 0.6) is 0 Å². The number of para-hydroxylation sites is 1. The Hall–Kier alpha value is -1.79. The molecular formula is C11H11N3. The fraction of sp³-hybridized carbons (Fsp3) is 0.182. The quantitative estimate of drug-likeness (QED) is 0.745. The molecule has 0 fully saturated rings. The Balaban J connectivity index is 2.65. The summed E-state index contributed by atoms with van der Waals surface area (Å²) in [4.78, 5) is 3.11. The Labute approximate surface area is 82.1 Å². The highest BCUT2D eigenvalue weighted by molar-refractivity contribution is 5.87. The Morgan fingerprint density at radius 3 is 3.00 bits per heavy atom. The molecule has 1 aromatic carbocycles. The first-order chi connectivity index (χ1) is 6.86. The SMILES string of the molecule is N#Cc1cccc2c(CCN)c[nH]c12. The van der Waals surface area contributed by atoms with Crippen molar-refractivity contribution in [2.75, 3.05) is 6.54 Å². The molecule has 0 bridgehead atoms. The highest BCUT2D eigenvalue weighted by atomic mass is 14.7. The molecule has 0 saturated heterocycles. The van der Waals surface area contributed by atoms with E-state index in [1.54, 1.807) is 0 Å². The number of nitrogens with one attached hydrogen (secondary N) is 1. The van der Waals surface area contributed by atoms with Crippen LogP contribution in [0.4, 0.5) is 0 Å². The second kappa shape index (κ2) is 3.52. The molecule has 0 saturated carbocycles. The second-order valence-electron chi connectivity index (χ2n) is 3.19. The summed E-state index contributed by atoms with van der Waals surface area (Å²) in [6.07, 6.45) is 2.77. The summed E-state index contributed by atoms with van der Waals surface area (Å²) in [5, 5.41) is 9.99. The molecule has 0 amide bonds. The summed E-state index contributed by atoms with van der Waals surface area (Å²) in [6, 6.07) is 7.88. The molecule has 0 aliphatic rings. The lowest BCUT2D eigenvalue weighted by molar-refractivity contribution is 0.976. The van der Waals surface area contributed by atoms with Crippen molar-refractivity contribution < 1.29 is 0 Å². The molecule has 1 heterocycles. The minimum atomic E-state index is 0.629. The standard InChI is InChI=1S/C11H11N3/c12-5-4-9-7-14-11-8(6-13)2-1-3-10(9)11/h1-3,7,14H,4-5,12H2. The van der Waals surface area contributed by atoms with Crippen molar-refractivity contribution in [2.24, 2.45) is 5.73 Å². The first-order valence-corrected chi connectivity index (χ1v) is 4.56. The van der Waals surface area contributed by atoms with Gasteiger partial charge in [0.05, 0.1) is 11.1 Å². The number of nitrogens with zero attached hydrogens (tertiary/aromatic N) is 1. The maximum Gasteiger partial charge on any atom is 0.101 e. The van der Waals surface area contributed by atoms with Crippen molar-refractivity contribution in [3.8, 4) is 6.07 Å². The topological polar surface area (TPSA) is 65.6 Å². The normalized spacial score (nSPS) is 10.3. The van der Waals surface area contributed by atoms with E-state index >= 15 is 0 Å². The van der Waals surface area contributed by atoms with Crippen LogP contribution in [0.15, 0.2) is 24.4 Å². The van der Waals surface area contributed by atoms with Gasteiger partial charge in [-0.15, -0.1) is 0 Å². The van der Waals surface area contributed by atoms with E-state index in [0.29, 0.717) is 12.1 Å². The van der Waals surface area contributed by atoms with E-state index in [9.17, 15) is 0 Å². The predicted molar refractivity (Wildman–Crippen MR) is 55.8 cm³/mol. The number of hydrogen-bond donors (Lipinski definition) is 2. The van der Waals surface area contributed by atoms with E-state index in [-0.39, 0.29) is 0 Å². The van der Waals surface area contributed by atoms with Crippen LogP contribution in [-0.4, -0.2) is 11.5 Å².